The molecule has 1 atom stereocenters. The van der Waals surface area contributed by atoms with Crippen molar-refractivity contribution in [1.29, 1.82) is 0 Å². The van der Waals surface area contributed by atoms with Gasteiger partial charge in [0.25, 0.3) is 0 Å². The van der Waals surface area contributed by atoms with E-state index in [4.69, 9.17) is 4.84 Å². The first-order chi connectivity index (χ1) is 12.0. The van der Waals surface area contributed by atoms with Crippen molar-refractivity contribution in [2.24, 2.45) is 4.99 Å². The second-order valence-corrected chi connectivity index (χ2v) is 5.63. The number of nitrogens with zero attached hydrogens (tertiary/aromatic N) is 4. The Kier molecular flexibility index (Phi) is 3.57. The van der Waals surface area contributed by atoms with E-state index in [0.717, 1.165) is 12.1 Å². The van der Waals surface area contributed by atoms with Crippen molar-refractivity contribution >= 4 is 11.5 Å². The first-order valence-electron chi connectivity index (χ1n) is 7.52. The number of hydrogen-bond acceptors (Lipinski definition) is 5. The van der Waals surface area contributed by atoms with E-state index in [1.807, 2.05) is 0 Å². The summed E-state index contributed by atoms with van der Waals surface area (Å²) in [6, 6.07) is 6.91. The van der Waals surface area contributed by atoms with Gasteiger partial charge >= 0.3 is 5.69 Å². The lowest BCUT2D eigenvalue weighted by molar-refractivity contribution is 0.0251. The highest BCUT2D eigenvalue weighted by Crippen LogP contribution is 2.21. The van der Waals surface area contributed by atoms with Crippen molar-refractivity contribution in [2.45, 2.75) is 19.7 Å². The molecule has 4 rings (SSSR count). The number of nitrogens with one attached hydrogen (secondary N) is 1. The third-order valence-corrected chi connectivity index (χ3v) is 3.84. The third kappa shape index (κ3) is 2.78. The zero-order valence-corrected chi connectivity index (χ0v) is 13.1. The van der Waals surface area contributed by atoms with Gasteiger partial charge in [-0.2, -0.15) is 0 Å². The van der Waals surface area contributed by atoms with Crippen LogP contribution in [0.3, 0.4) is 0 Å². The predicted molar refractivity (Wildman–Crippen MR) is 85.9 cm³/mol. The van der Waals surface area contributed by atoms with Gasteiger partial charge in [0, 0.05) is 6.20 Å². The van der Waals surface area contributed by atoms with E-state index in [1.165, 1.54) is 21.3 Å². The van der Waals surface area contributed by atoms with Gasteiger partial charge in [-0.05, 0) is 42.3 Å². The van der Waals surface area contributed by atoms with Crippen LogP contribution in [-0.2, 0) is 11.4 Å². The molecular formula is C16H13F2N5O2. The summed E-state index contributed by atoms with van der Waals surface area (Å²) in [5.41, 5.74) is 3.71. The summed E-state index contributed by atoms with van der Waals surface area (Å²) in [6.45, 7) is 1.91. The van der Waals surface area contributed by atoms with Gasteiger partial charge in [-0.1, -0.05) is 6.07 Å². The van der Waals surface area contributed by atoms with Gasteiger partial charge in [0.2, 0.25) is 0 Å². The molecular weight excluding hydrogens is 332 g/mol. The second-order valence-electron chi connectivity index (χ2n) is 5.63. The topological polar surface area (TPSA) is 72.9 Å². The average Bonchev–Trinajstić information content (AvgIpc) is 3.14. The van der Waals surface area contributed by atoms with Crippen LogP contribution >= 0.6 is 0 Å². The van der Waals surface area contributed by atoms with Gasteiger partial charge in [0.05, 0.1) is 6.54 Å². The first-order valence-corrected chi connectivity index (χ1v) is 7.52. The molecule has 0 bridgehead atoms. The average molecular weight is 345 g/mol. The van der Waals surface area contributed by atoms with E-state index in [1.54, 1.807) is 19.1 Å². The summed E-state index contributed by atoms with van der Waals surface area (Å²) in [6.07, 6.45) is 1.00. The molecule has 1 N–H and O–H groups in total. The van der Waals surface area contributed by atoms with E-state index in [2.05, 4.69) is 15.6 Å². The number of fused-ring (bicyclic) bond motifs is 1. The fourth-order valence-corrected chi connectivity index (χ4v) is 2.63. The number of pyridine rings is 1. The van der Waals surface area contributed by atoms with Gasteiger partial charge in [0.1, 0.15) is 5.84 Å². The lowest BCUT2D eigenvalue weighted by Crippen LogP contribution is -2.28. The highest BCUT2D eigenvalue weighted by atomic mass is 19.2. The minimum atomic E-state index is -0.945. The van der Waals surface area contributed by atoms with Crippen LogP contribution in [0.2, 0.25) is 0 Å². The number of amidine groups is 1. The van der Waals surface area contributed by atoms with Crippen molar-refractivity contribution in [3.05, 3.63) is 58.6 Å². The molecule has 1 aromatic carbocycles. The standard InChI is InChI=1S/C16H13F2N5O2/c1-9-19-15(25-21-9)8-23-16(24)22-7-11(3-5-14(22)20-23)10-2-4-12(17)13(18)6-10/h2-7,15H,8H2,1H3,(H,19,21). The first kappa shape index (κ1) is 15.5. The Morgan fingerprint density at radius 3 is 2.72 bits per heavy atom. The van der Waals surface area contributed by atoms with Gasteiger partial charge in [-0.25, -0.2) is 32.5 Å². The van der Waals surface area contributed by atoms with Crippen LogP contribution in [0.5, 0.6) is 0 Å². The maximum atomic E-state index is 13.4. The second kappa shape index (κ2) is 5.78. The highest BCUT2D eigenvalue weighted by molar-refractivity contribution is 5.79. The smallest absolute Gasteiger partial charge is 0.251 e. The van der Waals surface area contributed by atoms with E-state index in [-0.39, 0.29) is 12.2 Å². The highest BCUT2D eigenvalue weighted by Gasteiger charge is 2.18. The van der Waals surface area contributed by atoms with Crippen molar-refractivity contribution < 1.29 is 13.6 Å². The number of rotatable bonds is 3. The Morgan fingerprint density at radius 2 is 2.00 bits per heavy atom. The van der Waals surface area contributed by atoms with Crippen molar-refractivity contribution in [2.75, 3.05) is 0 Å². The molecule has 9 heteroatoms. The van der Waals surface area contributed by atoms with E-state index >= 15 is 0 Å². The Balaban J connectivity index is 1.72. The normalized spacial score (nSPS) is 16.9. The monoisotopic (exact) mass is 345 g/mol. The number of hydrogen-bond donors (Lipinski definition) is 1. The van der Waals surface area contributed by atoms with E-state index in [9.17, 15) is 13.6 Å². The molecule has 1 unspecified atom stereocenters. The van der Waals surface area contributed by atoms with Crippen LogP contribution in [-0.4, -0.2) is 26.2 Å². The molecule has 1 aliphatic rings. The molecule has 0 fully saturated rings. The van der Waals surface area contributed by atoms with Crippen LogP contribution in [0.25, 0.3) is 16.8 Å². The summed E-state index contributed by atoms with van der Waals surface area (Å²) in [4.78, 5) is 21.9. The third-order valence-electron chi connectivity index (χ3n) is 3.84. The van der Waals surface area contributed by atoms with Gasteiger partial charge in [-0.15, -0.1) is 5.10 Å². The quantitative estimate of drug-likeness (QED) is 0.785. The molecule has 128 valence electrons. The lowest BCUT2D eigenvalue weighted by atomic mass is 10.1. The molecule has 7 nitrogen and oxygen atoms in total. The molecule has 0 spiro atoms. The predicted octanol–water partition coefficient (Wildman–Crippen LogP) is 1.72. The van der Waals surface area contributed by atoms with Crippen LogP contribution in [0.1, 0.15) is 6.92 Å². The molecule has 0 amide bonds. The summed E-state index contributed by atoms with van der Waals surface area (Å²) >= 11 is 0. The number of benzene rings is 1. The summed E-state index contributed by atoms with van der Waals surface area (Å²) in [5, 5.41) is 4.22. The van der Waals surface area contributed by atoms with Crippen LogP contribution in [0, 0.1) is 11.6 Å². The Hall–Kier alpha value is -3.07. The summed E-state index contributed by atoms with van der Waals surface area (Å²) in [7, 11) is 0. The maximum Gasteiger partial charge on any atom is 0.350 e. The van der Waals surface area contributed by atoms with Crippen molar-refractivity contribution in [1.82, 2.24) is 19.7 Å². The van der Waals surface area contributed by atoms with Gasteiger partial charge in [0.15, 0.2) is 23.5 Å². The van der Waals surface area contributed by atoms with Crippen LogP contribution < -0.4 is 11.2 Å². The fraction of sp³-hybridized carbons (Fsp3) is 0.188. The van der Waals surface area contributed by atoms with Gasteiger partial charge < -0.3 is 0 Å². The molecule has 3 aromatic rings. The van der Waals surface area contributed by atoms with Crippen LogP contribution in [0.15, 0.2) is 46.3 Å². The number of hydroxylamine groups is 1. The van der Waals surface area contributed by atoms with Crippen LogP contribution in [0.4, 0.5) is 8.78 Å². The molecule has 0 radical (unpaired) electrons. The molecule has 0 saturated heterocycles. The Labute approximate surface area is 140 Å². The van der Waals surface area contributed by atoms with E-state index < -0.39 is 17.9 Å². The minimum Gasteiger partial charge on any atom is -0.251 e. The minimum absolute atomic E-state index is 0.158. The molecule has 0 saturated carbocycles. The summed E-state index contributed by atoms with van der Waals surface area (Å²) < 4.78 is 29.1. The number of aromatic nitrogens is 3. The molecule has 0 aliphatic carbocycles. The largest absolute Gasteiger partial charge is 0.350 e. The number of halogens is 2. The molecule has 1 aliphatic heterocycles. The van der Waals surface area contributed by atoms with Gasteiger partial charge in [-0.3, -0.25) is 5.48 Å². The Bertz CT molecular complexity index is 1060. The fourth-order valence-electron chi connectivity index (χ4n) is 2.63. The lowest BCUT2D eigenvalue weighted by Gasteiger charge is -2.03. The summed E-state index contributed by atoms with van der Waals surface area (Å²) in [5.74, 6) is -1.24. The molecule has 3 heterocycles. The van der Waals surface area contributed by atoms with E-state index in [0.29, 0.717) is 22.6 Å². The molecule has 2 aromatic heterocycles. The Morgan fingerprint density at radius 1 is 1.20 bits per heavy atom. The SMILES string of the molecule is CC1=NC(Cn2nc3ccc(-c4ccc(F)c(F)c4)cn3c2=O)ON1. The van der Waals surface area contributed by atoms with Crippen molar-refractivity contribution in [3.63, 3.8) is 0 Å². The maximum absolute atomic E-state index is 13.4. The zero-order valence-electron chi connectivity index (χ0n) is 13.1. The van der Waals surface area contributed by atoms with Crippen molar-refractivity contribution in [3.8, 4) is 11.1 Å². The number of aliphatic imine (C=N–C) groups is 1. The molecule has 25 heavy (non-hydrogen) atoms. The zero-order chi connectivity index (χ0) is 17.6.